The van der Waals surface area contributed by atoms with Crippen molar-refractivity contribution in [1.29, 1.82) is 0 Å². The molecule has 0 spiro atoms. The number of aromatic nitrogens is 2. The number of hydrogen-bond donors (Lipinski definition) is 1. The van der Waals surface area contributed by atoms with E-state index in [0.717, 1.165) is 32.2 Å². The Kier molecular flexibility index (Phi) is 4.99. The molecule has 0 fully saturated rings. The SMILES string of the molecule is COc1cc(Nc2cc(Br)nc(C(C)C)n2)ccc1Br. The van der Waals surface area contributed by atoms with E-state index in [2.05, 4.69) is 61.0 Å². The molecule has 0 unspecified atom stereocenters. The van der Waals surface area contributed by atoms with Crippen molar-refractivity contribution in [3.63, 3.8) is 0 Å². The molecule has 2 aromatic rings. The van der Waals surface area contributed by atoms with Crippen molar-refractivity contribution in [3.05, 3.63) is 39.2 Å². The average molecular weight is 401 g/mol. The van der Waals surface area contributed by atoms with Crippen LogP contribution in [0.15, 0.2) is 33.3 Å². The molecule has 0 aliphatic rings. The van der Waals surface area contributed by atoms with Gasteiger partial charge in [0.05, 0.1) is 11.6 Å². The standard InChI is InChI=1S/C14H15Br2N3O/c1-8(2)14-18-12(16)7-13(19-14)17-9-4-5-10(15)11(6-9)20-3/h4-8H,1-3H3,(H,17,18,19). The molecule has 1 heterocycles. The van der Waals surface area contributed by atoms with Crippen molar-refractivity contribution in [1.82, 2.24) is 9.97 Å². The van der Waals surface area contributed by atoms with Crippen LogP contribution in [-0.4, -0.2) is 17.1 Å². The van der Waals surface area contributed by atoms with Crippen LogP contribution in [0.5, 0.6) is 5.75 Å². The van der Waals surface area contributed by atoms with E-state index in [1.807, 2.05) is 24.3 Å². The van der Waals surface area contributed by atoms with Gasteiger partial charge in [0.15, 0.2) is 0 Å². The van der Waals surface area contributed by atoms with Gasteiger partial charge in [-0.25, -0.2) is 9.97 Å². The summed E-state index contributed by atoms with van der Waals surface area (Å²) in [5.74, 6) is 2.59. The number of nitrogens with one attached hydrogen (secondary N) is 1. The highest BCUT2D eigenvalue weighted by Crippen LogP contribution is 2.29. The fourth-order valence-corrected chi connectivity index (χ4v) is 2.45. The monoisotopic (exact) mass is 399 g/mol. The van der Waals surface area contributed by atoms with Crippen LogP contribution in [0.3, 0.4) is 0 Å². The lowest BCUT2D eigenvalue weighted by atomic mass is 10.2. The first-order chi connectivity index (χ1) is 9.49. The van der Waals surface area contributed by atoms with E-state index in [4.69, 9.17) is 4.74 Å². The minimum Gasteiger partial charge on any atom is -0.495 e. The second-order valence-electron chi connectivity index (χ2n) is 4.56. The fourth-order valence-electron chi connectivity index (χ4n) is 1.64. The molecule has 2 rings (SSSR count). The summed E-state index contributed by atoms with van der Waals surface area (Å²) in [5.41, 5.74) is 0.908. The molecule has 0 aliphatic heterocycles. The Morgan fingerprint density at radius 3 is 2.55 bits per heavy atom. The zero-order chi connectivity index (χ0) is 14.7. The second-order valence-corrected chi connectivity index (χ2v) is 6.23. The van der Waals surface area contributed by atoms with Crippen molar-refractivity contribution in [2.24, 2.45) is 0 Å². The zero-order valence-electron chi connectivity index (χ0n) is 11.4. The smallest absolute Gasteiger partial charge is 0.135 e. The van der Waals surface area contributed by atoms with Crippen LogP contribution in [0.4, 0.5) is 11.5 Å². The Hall–Kier alpha value is -1.14. The minimum atomic E-state index is 0.271. The predicted molar refractivity (Wildman–Crippen MR) is 87.8 cm³/mol. The van der Waals surface area contributed by atoms with Gasteiger partial charge in [0, 0.05) is 23.7 Å². The molecule has 4 nitrogen and oxygen atoms in total. The lowest BCUT2D eigenvalue weighted by molar-refractivity contribution is 0.412. The molecule has 6 heteroatoms. The van der Waals surface area contributed by atoms with Gasteiger partial charge in [-0.3, -0.25) is 0 Å². The molecule has 0 atom stereocenters. The highest BCUT2D eigenvalue weighted by atomic mass is 79.9. The Bertz CT molecular complexity index is 617. The number of benzene rings is 1. The van der Waals surface area contributed by atoms with E-state index in [0.29, 0.717) is 0 Å². The lowest BCUT2D eigenvalue weighted by Crippen LogP contribution is -2.02. The van der Waals surface area contributed by atoms with Crippen LogP contribution in [0.25, 0.3) is 0 Å². The van der Waals surface area contributed by atoms with Crippen LogP contribution >= 0.6 is 31.9 Å². The molecule has 20 heavy (non-hydrogen) atoms. The van der Waals surface area contributed by atoms with Crippen LogP contribution in [0, 0.1) is 0 Å². The summed E-state index contributed by atoms with van der Waals surface area (Å²) in [4.78, 5) is 8.86. The van der Waals surface area contributed by atoms with Crippen molar-refractivity contribution in [2.45, 2.75) is 19.8 Å². The number of hydrogen-bond acceptors (Lipinski definition) is 4. The Labute approximate surface area is 135 Å². The van der Waals surface area contributed by atoms with Crippen molar-refractivity contribution < 1.29 is 4.74 Å². The molecular weight excluding hydrogens is 386 g/mol. The summed E-state index contributed by atoms with van der Waals surface area (Å²) in [6, 6.07) is 7.65. The number of methoxy groups -OCH3 is 1. The van der Waals surface area contributed by atoms with E-state index in [-0.39, 0.29) is 5.92 Å². The molecule has 0 saturated heterocycles. The van der Waals surface area contributed by atoms with Crippen LogP contribution < -0.4 is 10.1 Å². The van der Waals surface area contributed by atoms with Gasteiger partial charge in [-0.05, 0) is 44.0 Å². The lowest BCUT2D eigenvalue weighted by Gasteiger charge is -2.11. The second kappa shape index (κ2) is 6.54. The molecule has 106 valence electrons. The van der Waals surface area contributed by atoms with Gasteiger partial charge in [-0.15, -0.1) is 0 Å². The fraction of sp³-hybridized carbons (Fsp3) is 0.286. The maximum atomic E-state index is 5.28. The Morgan fingerprint density at radius 2 is 1.90 bits per heavy atom. The summed E-state index contributed by atoms with van der Waals surface area (Å²) in [6.07, 6.45) is 0. The third-order valence-corrected chi connectivity index (χ3v) is 3.71. The summed E-state index contributed by atoms with van der Waals surface area (Å²) < 4.78 is 6.96. The van der Waals surface area contributed by atoms with Gasteiger partial charge in [-0.2, -0.15) is 0 Å². The van der Waals surface area contributed by atoms with Crippen molar-refractivity contribution in [3.8, 4) is 5.75 Å². The van der Waals surface area contributed by atoms with Gasteiger partial charge >= 0.3 is 0 Å². The third-order valence-electron chi connectivity index (χ3n) is 2.65. The summed E-state index contributed by atoms with van der Waals surface area (Å²) in [7, 11) is 1.64. The first-order valence-electron chi connectivity index (χ1n) is 6.14. The molecule has 0 bridgehead atoms. The third kappa shape index (κ3) is 3.70. The summed E-state index contributed by atoms with van der Waals surface area (Å²) in [6.45, 7) is 4.13. The largest absolute Gasteiger partial charge is 0.495 e. The highest BCUT2D eigenvalue weighted by Gasteiger charge is 2.08. The first-order valence-corrected chi connectivity index (χ1v) is 7.73. The van der Waals surface area contributed by atoms with E-state index >= 15 is 0 Å². The number of halogens is 2. The molecule has 0 saturated carbocycles. The highest BCUT2D eigenvalue weighted by molar-refractivity contribution is 9.10. The number of rotatable bonds is 4. The molecule has 0 radical (unpaired) electrons. The molecule has 0 aliphatic carbocycles. The van der Waals surface area contributed by atoms with Gasteiger partial charge in [0.2, 0.25) is 0 Å². The van der Waals surface area contributed by atoms with Gasteiger partial charge in [0.1, 0.15) is 22.0 Å². The molecule has 1 aromatic heterocycles. The van der Waals surface area contributed by atoms with Gasteiger partial charge in [-0.1, -0.05) is 13.8 Å². The van der Waals surface area contributed by atoms with Crippen LogP contribution in [-0.2, 0) is 0 Å². The normalized spacial score (nSPS) is 10.7. The van der Waals surface area contributed by atoms with E-state index in [1.165, 1.54) is 0 Å². The Morgan fingerprint density at radius 1 is 1.15 bits per heavy atom. The van der Waals surface area contributed by atoms with Gasteiger partial charge in [0.25, 0.3) is 0 Å². The van der Waals surface area contributed by atoms with E-state index in [9.17, 15) is 0 Å². The maximum absolute atomic E-state index is 5.28. The zero-order valence-corrected chi connectivity index (χ0v) is 14.6. The van der Waals surface area contributed by atoms with E-state index in [1.54, 1.807) is 7.11 Å². The predicted octanol–water partition coefficient (Wildman–Crippen LogP) is 4.88. The quantitative estimate of drug-likeness (QED) is 0.743. The topological polar surface area (TPSA) is 47.0 Å². The Balaban J connectivity index is 2.30. The number of anilines is 2. The molecule has 1 aromatic carbocycles. The van der Waals surface area contributed by atoms with E-state index < -0.39 is 0 Å². The minimum absolute atomic E-state index is 0.271. The van der Waals surface area contributed by atoms with Crippen LogP contribution in [0.2, 0.25) is 0 Å². The van der Waals surface area contributed by atoms with Crippen molar-refractivity contribution >= 4 is 43.4 Å². The molecule has 1 N–H and O–H groups in total. The van der Waals surface area contributed by atoms with Crippen LogP contribution in [0.1, 0.15) is 25.6 Å². The summed E-state index contributed by atoms with van der Waals surface area (Å²) in [5, 5.41) is 3.26. The number of ether oxygens (including phenoxy) is 1. The first kappa shape index (κ1) is 15.3. The number of nitrogens with zero attached hydrogens (tertiary/aromatic N) is 2. The maximum Gasteiger partial charge on any atom is 0.135 e. The van der Waals surface area contributed by atoms with Crippen molar-refractivity contribution in [2.75, 3.05) is 12.4 Å². The molecular formula is C14H15Br2N3O. The van der Waals surface area contributed by atoms with Gasteiger partial charge < -0.3 is 10.1 Å². The summed E-state index contributed by atoms with van der Waals surface area (Å²) >= 11 is 6.84. The molecule has 0 amide bonds. The average Bonchev–Trinajstić information content (AvgIpc) is 2.40.